The fourth-order valence-electron chi connectivity index (χ4n) is 3.89. The van der Waals surface area contributed by atoms with Crippen LogP contribution in [0.25, 0.3) is 0 Å². The van der Waals surface area contributed by atoms with E-state index in [0.717, 1.165) is 45.1 Å². The lowest BCUT2D eigenvalue weighted by molar-refractivity contribution is -0.137. The average molecular weight is 400 g/mol. The third kappa shape index (κ3) is 6.12. The fraction of sp³-hybridized carbons (Fsp3) is 0.667. The molecule has 0 radical (unpaired) electrons. The van der Waals surface area contributed by atoms with Crippen LogP contribution in [-0.2, 0) is 12.6 Å². The Morgan fingerprint density at radius 3 is 2.43 bits per heavy atom. The van der Waals surface area contributed by atoms with Crippen LogP contribution >= 0.6 is 0 Å². The summed E-state index contributed by atoms with van der Waals surface area (Å²) >= 11 is 0. The third-order valence-electron chi connectivity index (χ3n) is 5.58. The van der Waals surface area contributed by atoms with E-state index in [1.165, 1.54) is 12.1 Å². The summed E-state index contributed by atoms with van der Waals surface area (Å²) in [5.74, 6) is 0.509. The van der Waals surface area contributed by atoms with Gasteiger partial charge in [-0.1, -0.05) is 25.1 Å². The minimum absolute atomic E-state index is 0.0590. The van der Waals surface area contributed by atoms with Crippen LogP contribution in [0.2, 0.25) is 0 Å². The number of piperidine rings is 1. The quantitative estimate of drug-likeness (QED) is 0.711. The fourth-order valence-corrected chi connectivity index (χ4v) is 3.89. The summed E-state index contributed by atoms with van der Waals surface area (Å²) < 4.78 is 38.8. The molecule has 1 atom stereocenters. The van der Waals surface area contributed by atoms with E-state index in [-0.39, 0.29) is 12.1 Å². The van der Waals surface area contributed by atoms with Gasteiger partial charge in [0.25, 0.3) is 0 Å². The van der Waals surface area contributed by atoms with Gasteiger partial charge in [0.1, 0.15) is 0 Å². The number of likely N-dealkylation sites (N-methyl/N-ethyl adjacent to an activating group) is 1. The maximum atomic E-state index is 12.9. The first-order chi connectivity index (χ1) is 13.1. The predicted octanol–water partition coefficient (Wildman–Crippen LogP) is 4.35. The minimum Gasteiger partial charge on any atom is -0.331 e. The zero-order valence-corrected chi connectivity index (χ0v) is 17.3. The summed E-state index contributed by atoms with van der Waals surface area (Å²) in [6.45, 7) is 7.47. The standard InChI is InChI=1S/C21H32F3N3O/c1-5-26(15-17-9-11-27(12-10-17)20(28)25(3)4)16(2)13-18-7-6-8-19(14-18)21(22,23)24/h6-8,14,16-17H,5,9-13,15H2,1-4H3. The number of rotatable bonds is 6. The van der Waals surface area contributed by atoms with Crippen molar-refractivity contribution in [1.29, 1.82) is 0 Å². The SMILES string of the molecule is CCN(CC1CCN(C(=O)N(C)C)CC1)C(C)Cc1cccc(C(F)(F)F)c1. The minimum atomic E-state index is -4.30. The van der Waals surface area contributed by atoms with Crippen LogP contribution in [0, 0.1) is 5.92 Å². The van der Waals surface area contributed by atoms with Gasteiger partial charge in [0.2, 0.25) is 0 Å². The van der Waals surface area contributed by atoms with E-state index in [1.807, 2.05) is 4.90 Å². The van der Waals surface area contributed by atoms with Gasteiger partial charge in [-0.25, -0.2) is 4.79 Å². The highest BCUT2D eigenvalue weighted by Crippen LogP contribution is 2.30. The number of carbonyl (C=O) groups excluding carboxylic acids is 1. The molecule has 1 fully saturated rings. The number of amides is 2. The summed E-state index contributed by atoms with van der Waals surface area (Å²) in [7, 11) is 3.53. The molecular weight excluding hydrogens is 367 g/mol. The normalized spacial score (nSPS) is 17.1. The molecule has 1 heterocycles. The number of halogens is 3. The second-order valence-electron chi connectivity index (χ2n) is 7.95. The van der Waals surface area contributed by atoms with Crippen molar-refractivity contribution in [3.63, 3.8) is 0 Å². The third-order valence-corrected chi connectivity index (χ3v) is 5.58. The summed E-state index contributed by atoms with van der Waals surface area (Å²) in [4.78, 5) is 17.9. The molecule has 1 aliphatic rings. The van der Waals surface area contributed by atoms with Crippen LogP contribution in [0.1, 0.15) is 37.8 Å². The van der Waals surface area contributed by atoms with E-state index in [2.05, 4.69) is 18.7 Å². The largest absolute Gasteiger partial charge is 0.416 e. The first-order valence-corrected chi connectivity index (χ1v) is 9.98. The molecule has 7 heteroatoms. The number of benzene rings is 1. The number of carbonyl (C=O) groups is 1. The topological polar surface area (TPSA) is 26.8 Å². The van der Waals surface area contributed by atoms with Crippen LogP contribution in [0.15, 0.2) is 24.3 Å². The summed E-state index contributed by atoms with van der Waals surface area (Å²) in [6, 6.07) is 5.85. The maximum absolute atomic E-state index is 12.9. The van der Waals surface area contributed by atoms with Crippen molar-refractivity contribution in [1.82, 2.24) is 14.7 Å². The van der Waals surface area contributed by atoms with Crippen LogP contribution in [0.4, 0.5) is 18.0 Å². The molecule has 0 saturated carbocycles. The van der Waals surface area contributed by atoms with Gasteiger partial charge in [-0.2, -0.15) is 13.2 Å². The van der Waals surface area contributed by atoms with Crippen molar-refractivity contribution in [3.05, 3.63) is 35.4 Å². The molecule has 1 aromatic rings. The highest BCUT2D eigenvalue weighted by Gasteiger charge is 2.31. The van der Waals surface area contributed by atoms with Gasteiger partial charge in [0.05, 0.1) is 5.56 Å². The number of hydrogen-bond acceptors (Lipinski definition) is 2. The second kappa shape index (κ2) is 9.63. The van der Waals surface area contributed by atoms with E-state index in [1.54, 1.807) is 25.1 Å². The zero-order chi connectivity index (χ0) is 20.9. The molecule has 4 nitrogen and oxygen atoms in total. The summed E-state index contributed by atoms with van der Waals surface area (Å²) in [6.07, 6.45) is -1.78. The van der Waals surface area contributed by atoms with E-state index in [4.69, 9.17) is 0 Å². The lowest BCUT2D eigenvalue weighted by atomic mass is 9.95. The van der Waals surface area contributed by atoms with Gasteiger partial charge in [0, 0.05) is 39.8 Å². The van der Waals surface area contributed by atoms with Crippen molar-refractivity contribution in [3.8, 4) is 0 Å². The molecule has 28 heavy (non-hydrogen) atoms. The van der Waals surface area contributed by atoms with E-state index in [9.17, 15) is 18.0 Å². The molecule has 0 aliphatic carbocycles. The molecule has 1 unspecified atom stereocenters. The Morgan fingerprint density at radius 1 is 1.25 bits per heavy atom. The number of alkyl halides is 3. The Kier molecular flexibility index (Phi) is 7.75. The Hall–Kier alpha value is -1.76. The number of nitrogens with zero attached hydrogens (tertiary/aromatic N) is 3. The van der Waals surface area contributed by atoms with Gasteiger partial charge in [-0.3, -0.25) is 0 Å². The molecule has 0 aromatic heterocycles. The molecule has 1 aliphatic heterocycles. The van der Waals surface area contributed by atoms with Crippen molar-refractivity contribution in [2.75, 3.05) is 40.3 Å². The lowest BCUT2D eigenvalue weighted by Crippen LogP contribution is -2.46. The molecule has 1 saturated heterocycles. The van der Waals surface area contributed by atoms with Crippen LogP contribution in [0.5, 0.6) is 0 Å². The van der Waals surface area contributed by atoms with Crippen LogP contribution in [0.3, 0.4) is 0 Å². The number of likely N-dealkylation sites (tertiary alicyclic amines) is 1. The Labute approximate surface area is 166 Å². The molecule has 1 aromatic carbocycles. The lowest BCUT2D eigenvalue weighted by Gasteiger charge is -2.37. The molecule has 0 spiro atoms. The van der Waals surface area contributed by atoms with E-state index >= 15 is 0 Å². The molecular formula is C21H32F3N3O. The van der Waals surface area contributed by atoms with Crippen LogP contribution < -0.4 is 0 Å². The monoisotopic (exact) mass is 399 g/mol. The van der Waals surface area contributed by atoms with Crippen molar-refractivity contribution >= 4 is 6.03 Å². The van der Waals surface area contributed by atoms with Gasteiger partial charge in [-0.15, -0.1) is 0 Å². The molecule has 0 bridgehead atoms. The van der Waals surface area contributed by atoms with Crippen LogP contribution in [-0.4, -0.2) is 67.0 Å². The number of urea groups is 1. The molecule has 2 amide bonds. The molecule has 2 rings (SSSR count). The van der Waals surface area contributed by atoms with E-state index in [0.29, 0.717) is 17.9 Å². The van der Waals surface area contributed by atoms with Gasteiger partial charge in [-0.05, 0) is 50.3 Å². The molecule has 158 valence electrons. The first kappa shape index (κ1) is 22.5. The predicted molar refractivity (Wildman–Crippen MR) is 105 cm³/mol. The van der Waals surface area contributed by atoms with Crippen molar-refractivity contribution in [2.24, 2.45) is 5.92 Å². The Bertz CT molecular complexity index is 640. The number of hydrogen-bond donors (Lipinski definition) is 0. The highest BCUT2D eigenvalue weighted by atomic mass is 19.4. The van der Waals surface area contributed by atoms with Gasteiger partial charge < -0.3 is 14.7 Å². The van der Waals surface area contributed by atoms with Crippen molar-refractivity contribution in [2.45, 2.75) is 45.3 Å². The Balaban J connectivity index is 1.91. The smallest absolute Gasteiger partial charge is 0.331 e. The first-order valence-electron chi connectivity index (χ1n) is 9.98. The second-order valence-corrected chi connectivity index (χ2v) is 7.95. The van der Waals surface area contributed by atoms with E-state index < -0.39 is 11.7 Å². The van der Waals surface area contributed by atoms with Gasteiger partial charge >= 0.3 is 12.2 Å². The molecule has 0 N–H and O–H groups in total. The van der Waals surface area contributed by atoms with Crippen molar-refractivity contribution < 1.29 is 18.0 Å². The summed E-state index contributed by atoms with van der Waals surface area (Å²) in [5, 5.41) is 0. The summed E-state index contributed by atoms with van der Waals surface area (Å²) in [5.41, 5.74) is 0.130. The zero-order valence-electron chi connectivity index (χ0n) is 17.3. The maximum Gasteiger partial charge on any atom is 0.416 e. The Morgan fingerprint density at radius 2 is 1.89 bits per heavy atom. The highest BCUT2D eigenvalue weighted by molar-refractivity contribution is 5.73. The average Bonchev–Trinajstić information content (AvgIpc) is 2.65. The van der Waals surface area contributed by atoms with Gasteiger partial charge in [0.15, 0.2) is 0 Å².